The van der Waals surface area contributed by atoms with Gasteiger partial charge in [-0.2, -0.15) is 0 Å². The Kier molecular flexibility index (Phi) is 2.99. The fourth-order valence-corrected chi connectivity index (χ4v) is 1.92. The molecule has 1 aromatic carbocycles. The van der Waals surface area contributed by atoms with Crippen LogP contribution in [0, 0.1) is 5.82 Å². The summed E-state index contributed by atoms with van der Waals surface area (Å²) in [6.45, 7) is 1.95. The Morgan fingerprint density at radius 1 is 1.43 bits per heavy atom. The first-order valence-electron chi connectivity index (χ1n) is 4.61. The zero-order valence-corrected chi connectivity index (χ0v) is 9.27. The lowest BCUT2D eigenvalue weighted by molar-refractivity contribution is 0.627. The Morgan fingerprint density at radius 2 is 2.29 bits per heavy atom. The molecular weight excluding hydrogens is 245 g/mol. The number of hydrogen-bond acceptors (Lipinski definition) is 1. The highest BCUT2D eigenvalue weighted by Gasteiger charge is 2.06. The normalized spacial score (nSPS) is 19.1. The minimum Gasteiger partial charge on any atom is -0.313 e. The molecule has 0 aromatic heterocycles. The van der Waals surface area contributed by atoms with E-state index in [2.05, 4.69) is 21.2 Å². The van der Waals surface area contributed by atoms with Crippen LogP contribution in [-0.2, 0) is 0 Å². The fourth-order valence-electron chi connectivity index (χ4n) is 1.55. The molecular formula is C11H11BrFN. The van der Waals surface area contributed by atoms with Crippen LogP contribution in [0.2, 0.25) is 0 Å². The highest BCUT2D eigenvalue weighted by atomic mass is 79.9. The smallest absolute Gasteiger partial charge is 0.123 e. The van der Waals surface area contributed by atoms with Gasteiger partial charge in [-0.15, -0.1) is 0 Å². The van der Waals surface area contributed by atoms with Gasteiger partial charge in [0.25, 0.3) is 0 Å². The molecule has 1 heterocycles. The molecule has 1 nitrogen and oxygen atoms in total. The lowest BCUT2D eigenvalue weighted by atomic mass is 10.1. The largest absolute Gasteiger partial charge is 0.313 e. The summed E-state index contributed by atoms with van der Waals surface area (Å²) in [4.78, 5) is 0. The van der Waals surface area contributed by atoms with Gasteiger partial charge in [-0.1, -0.05) is 27.6 Å². The van der Waals surface area contributed by atoms with E-state index in [0.717, 1.165) is 29.5 Å². The minimum atomic E-state index is -0.189. The van der Waals surface area contributed by atoms with Gasteiger partial charge in [0.05, 0.1) is 0 Å². The lowest BCUT2D eigenvalue weighted by Crippen LogP contribution is -2.04. The maximum absolute atomic E-state index is 13.0. The summed E-state index contributed by atoms with van der Waals surface area (Å²) in [5.41, 5.74) is 2.25. The predicted molar refractivity (Wildman–Crippen MR) is 59.6 cm³/mol. The number of benzene rings is 1. The van der Waals surface area contributed by atoms with Gasteiger partial charge in [-0.3, -0.25) is 0 Å². The second-order valence-electron chi connectivity index (χ2n) is 3.40. The van der Waals surface area contributed by atoms with Crippen molar-refractivity contribution in [1.82, 2.24) is 5.32 Å². The topological polar surface area (TPSA) is 12.0 Å². The van der Waals surface area contributed by atoms with Crippen molar-refractivity contribution < 1.29 is 4.39 Å². The molecule has 1 N–H and O–H groups in total. The van der Waals surface area contributed by atoms with Gasteiger partial charge in [-0.05, 0) is 36.7 Å². The van der Waals surface area contributed by atoms with E-state index < -0.39 is 0 Å². The van der Waals surface area contributed by atoms with Crippen molar-refractivity contribution in [1.29, 1.82) is 0 Å². The molecule has 0 bridgehead atoms. The van der Waals surface area contributed by atoms with E-state index in [4.69, 9.17) is 0 Å². The number of halogens is 2. The van der Waals surface area contributed by atoms with Crippen LogP contribution in [0.4, 0.5) is 4.39 Å². The Morgan fingerprint density at radius 3 is 3.00 bits per heavy atom. The molecule has 2 rings (SSSR count). The monoisotopic (exact) mass is 255 g/mol. The first kappa shape index (κ1) is 9.87. The first-order valence-corrected chi connectivity index (χ1v) is 5.40. The molecule has 0 saturated carbocycles. The highest BCUT2D eigenvalue weighted by molar-refractivity contribution is 9.10. The Labute approximate surface area is 91.1 Å². The Hall–Kier alpha value is -0.670. The molecule has 1 saturated heterocycles. The zero-order chi connectivity index (χ0) is 9.97. The van der Waals surface area contributed by atoms with Gasteiger partial charge >= 0.3 is 0 Å². The summed E-state index contributed by atoms with van der Waals surface area (Å²) < 4.78 is 13.9. The molecule has 1 aliphatic rings. The van der Waals surface area contributed by atoms with Crippen LogP contribution in [-0.4, -0.2) is 13.1 Å². The third kappa shape index (κ3) is 2.22. The van der Waals surface area contributed by atoms with Crippen LogP contribution in [0.15, 0.2) is 28.2 Å². The molecule has 0 spiro atoms. The van der Waals surface area contributed by atoms with E-state index in [1.165, 1.54) is 11.6 Å². The van der Waals surface area contributed by atoms with Gasteiger partial charge in [0.1, 0.15) is 5.82 Å². The second-order valence-corrected chi connectivity index (χ2v) is 4.25. The lowest BCUT2D eigenvalue weighted by Gasteiger charge is -2.00. The summed E-state index contributed by atoms with van der Waals surface area (Å²) in [5.74, 6) is -0.189. The molecule has 0 aliphatic carbocycles. The van der Waals surface area contributed by atoms with Crippen molar-refractivity contribution in [3.8, 4) is 0 Å². The average Bonchev–Trinajstić information content (AvgIpc) is 2.64. The van der Waals surface area contributed by atoms with Gasteiger partial charge in [-0.25, -0.2) is 4.39 Å². The van der Waals surface area contributed by atoms with Crippen LogP contribution in [0.5, 0.6) is 0 Å². The Balaban J connectivity index is 2.31. The van der Waals surface area contributed by atoms with Crippen molar-refractivity contribution in [2.24, 2.45) is 0 Å². The molecule has 0 atom stereocenters. The quantitative estimate of drug-likeness (QED) is 0.814. The molecule has 0 amide bonds. The maximum atomic E-state index is 13.0. The standard InChI is InChI=1S/C11H11BrFN/c12-11-2-1-10(13)6-9(11)5-8-3-4-14-7-8/h1-2,5-6,14H,3-4,7H2/b8-5-. The van der Waals surface area contributed by atoms with E-state index in [1.54, 1.807) is 12.1 Å². The van der Waals surface area contributed by atoms with Crippen LogP contribution in [0.3, 0.4) is 0 Å². The van der Waals surface area contributed by atoms with E-state index in [0.29, 0.717) is 0 Å². The molecule has 1 fully saturated rings. The molecule has 1 aromatic rings. The van der Waals surface area contributed by atoms with Crippen LogP contribution >= 0.6 is 15.9 Å². The van der Waals surface area contributed by atoms with Crippen LogP contribution < -0.4 is 5.32 Å². The molecule has 0 radical (unpaired) electrons. The number of nitrogens with one attached hydrogen (secondary N) is 1. The highest BCUT2D eigenvalue weighted by Crippen LogP contribution is 2.22. The van der Waals surface area contributed by atoms with Gasteiger partial charge in [0, 0.05) is 11.0 Å². The van der Waals surface area contributed by atoms with Crippen molar-refractivity contribution in [3.05, 3.63) is 39.6 Å². The summed E-state index contributed by atoms with van der Waals surface area (Å²) in [7, 11) is 0. The predicted octanol–water partition coefficient (Wildman–Crippen LogP) is 2.96. The number of rotatable bonds is 1. The summed E-state index contributed by atoms with van der Waals surface area (Å²) in [6.07, 6.45) is 3.11. The Bertz CT molecular complexity index is 366. The van der Waals surface area contributed by atoms with E-state index >= 15 is 0 Å². The van der Waals surface area contributed by atoms with Crippen molar-refractivity contribution in [2.75, 3.05) is 13.1 Å². The van der Waals surface area contributed by atoms with Gasteiger partial charge in [0.2, 0.25) is 0 Å². The third-order valence-corrected chi connectivity index (χ3v) is 3.01. The molecule has 14 heavy (non-hydrogen) atoms. The summed E-state index contributed by atoms with van der Waals surface area (Å²) >= 11 is 3.41. The van der Waals surface area contributed by atoms with Crippen molar-refractivity contribution in [3.63, 3.8) is 0 Å². The first-order chi connectivity index (χ1) is 6.75. The third-order valence-electron chi connectivity index (χ3n) is 2.29. The van der Waals surface area contributed by atoms with Crippen LogP contribution in [0.1, 0.15) is 12.0 Å². The van der Waals surface area contributed by atoms with Crippen LogP contribution in [0.25, 0.3) is 6.08 Å². The fraction of sp³-hybridized carbons (Fsp3) is 0.273. The molecule has 74 valence electrons. The molecule has 3 heteroatoms. The zero-order valence-electron chi connectivity index (χ0n) is 7.69. The summed E-state index contributed by atoms with van der Waals surface area (Å²) in [6, 6.07) is 4.75. The SMILES string of the molecule is Fc1ccc(Br)c(/C=C2/CCNC2)c1. The molecule has 0 unspecified atom stereocenters. The second kappa shape index (κ2) is 4.24. The maximum Gasteiger partial charge on any atom is 0.123 e. The molecule has 1 aliphatic heterocycles. The minimum absolute atomic E-state index is 0.189. The van der Waals surface area contributed by atoms with Gasteiger partial charge < -0.3 is 5.32 Å². The summed E-state index contributed by atoms with van der Waals surface area (Å²) in [5, 5.41) is 3.25. The van der Waals surface area contributed by atoms with Crippen molar-refractivity contribution in [2.45, 2.75) is 6.42 Å². The number of hydrogen-bond donors (Lipinski definition) is 1. The van der Waals surface area contributed by atoms with Gasteiger partial charge in [0.15, 0.2) is 0 Å². The van der Waals surface area contributed by atoms with Crippen molar-refractivity contribution >= 4 is 22.0 Å². The van der Waals surface area contributed by atoms with E-state index in [9.17, 15) is 4.39 Å². The van der Waals surface area contributed by atoms with E-state index in [-0.39, 0.29) is 5.82 Å². The average molecular weight is 256 g/mol. The van der Waals surface area contributed by atoms with E-state index in [1.807, 2.05) is 6.08 Å².